The summed E-state index contributed by atoms with van der Waals surface area (Å²) in [7, 11) is 0. The third kappa shape index (κ3) is 4.42. The van der Waals surface area contributed by atoms with Crippen LogP contribution >= 0.6 is 31.9 Å². The van der Waals surface area contributed by atoms with Crippen molar-refractivity contribution in [3.05, 3.63) is 28.2 Å². The SMILES string of the molecule is FC(F)(F)COc1ccc(Br)cc1CBr. The molecule has 1 rings (SSSR count). The Hall–Kier alpha value is -0.230. The van der Waals surface area contributed by atoms with Crippen LogP contribution in [0.25, 0.3) is 0 Å². The Labute approximate surface area is 102 Å². The fraction of sp³-hybridized carbons (Fsp3) is 0.333. The number of rotatable bonds is 3. The van der Waals surface area contributed by atoms with Gasteiger partial charge in [-0.25, -0.2) is 0 Å². The topological polar surface area (TPSA) is 9.23 Å². The number of hydrogen-bond donors (Lipinski definition) is 0. The average molecular weight is 348 g/mol. The zero-order valence-electron chi connectivity index (χ0n) is 7.44. The van der Waals surface area contributed by atoms with Crippen LogP contribution < -0.4 is 4.74 Å². The summed E-state index contributed by atoms with van der Waals surface area (Å²) in [5.41, 5.74) is 0.675. The molecule has 6 heteroatoms. The van der Waals surface area contributed by atoms with Crippen molar-refractivity contribution >= 4 is 31.9 Å². The third-order valence-electron chi connectivity index (χ3n) is 1.56. The van der Waals surface area contributed by atoms with Gasteiger partial charge in [-0.2, -0.15) is 13.2 Å². The molecule has 0 heterocycles. The minimum Gasteiger partial charge on any atom is -0.484 e. The first-order valence-corrected chi connectivity index (χ1v) is 5.88. The number of hydrogen-bond acceptors (Lipinski definition) is 1. The lowest BCUT2D eigenvalue weighted by Gasteiger charge is -2.12. The third-order valence-corrected chi connectivity index (χ3v) is 2.66. The summed E-state index contributed by atoms with van der Waals surface area (Å²) in [5.74, 6) is 0.243. The van der Waals surface area contributed by atoms with Crippen molar-refractivity contribution in [3.8, 4) is 5.75 Å². The number of alkyl halides is 4. The highest BCUT2D eigenvalue weighted by Gasteiger charge is 2.28. The quantitative estimate of drug-likeness (QED) is 0.741. The van der Waals surface area contributed by atoms with Gasteiger partial charge in [-0.05, 0) is 18.2 Å². The molecule has 0 bridgehead atoms. The first-order chi connectivity index (χ1) is 6.92. The molecule has 0 aliphatic rings. The highest BCUT2D eigenvalue weighted by molar-refractivity contribution is 9.10. The standard InChI is InChI=1S/C9H7Br2F3O/c10-4-6-3-7(11)1-2-8(6)15-5-9(12,13)14/h1-3H,4-5H2. The minimum atomic E-state index is -4.31. The second-order valence-corrected chi connectivity index (χ2v) is 4.27. The highest BCUT2D eigenvalue weighted by Crippen LogP contribution is 2.27. The van der Waals surface area contributed by atoms with E-state index in [0.29, 0.717) is 10.9 Å². The van der Waals surface area contributed by atoms with Gasteiger partial charge in [0.25, 0.3) is 0 Å². The fourth-order valence-electron chi connectivity index (χ4n) is 0.953. The zero-order valence-corrected chi connectivity index (χ0v) is 10.6. The summed E-state index contributed by atoms with van der Waals surface area (Å²) in [6.07, 6.45) is -4.31. The molecule has 0 saturated carbocycles. The molecule has 1 aromatic carbocycles. The van der Waals surface area contributed by atoms with Gasteiger partial charge >= 0.3 is 6.18 Å². The Morgan fingerprint density at radius 2 is 1.93 bits per heavy atom. The van der Waals surface area contributed by atoms with E-state index in [9.17, 15) is 13.2 Å². The van der Waals surface area contributed by atoms with Crippen molar-refractivity contribution in [1.82, 2.24) is 0 Å². The molecule has 0 aliphatic carbocycles. The second-order valence-electron chi connectivity index (χ2n) is 2.79. The van der Waals surface area contributed by atoms with Crippen molar-refractivity contribution in [2.75, 3.05) is 6.61 Å². The Balaban J connectivity index is 2.76. The van der Waals surface area contributed by atoms with E-state index in [0.717, 1.165) is 4.47 Å². The van der Waals surface area contributed by atoms with Crippen LogP contribution in [0.2, 0.25) is 0 Å². The first kappa shape index (κ1) is 12.8. The van der Waals surface area contributed by atoms with Gasteiger partial charge in [0, 0.05) is 15.4 Å². The van der Waals surface area contributed by atoms with Crippen molar-refractivity contribution in [2.45, 2.75) is 11.5 Å². The van der Waals surface area contributed by atoms with Gasteiger partial charge in [0.1, 0.15) is 5.75 Å². The van der Waals surface area contributed by atoms with Crippen LogP contribution in [0.4, 0.5) is 13.2 Å². The smallest absolute Gasteiger partial charge is 0.422 e. The van der Waals surface area contributed by atoms with E-state index in [1.807, 2.05) is 0 Å². The van der Waals surface area contributed by atoms with Gasteiger partial charge in [0.05, 0.1) is 0 Å². The van der Waals surface area contributed by atoms with Gasteiger partial charge in [0.2, 0.25) is 0 Å². The molecular weight excluding hydrogens is 341 g/mol. The van der Waals surface area contributed by atoms with Gasteiger partial charge in [-0.15, -0.1) is 0 Å². The summed E-state index contributed by atoms with van der Waals surface area (Å²) in [6.45, 7) is -1.27. The van der Waals surface area contributed by atoms with Crippen LogP contribution in [0.3, 0.4) is 0 Å². The lowest BCUT2D eigenvalue weighted by Crippen LogP contribution is -2.19. The van der Waals surface area contributed by atoms with Crippen LogP contribution in [0.1, 0.15) is 5.56 Å². The van der Waals surface area contributed by atoms with Crippen LogP contribution in [-0.2, 0) is 5.33 Å². The van der Waals surface area contributed by atoms with E-state index in [2.05, 4.69) is 36.6 Å². The molecule has 0 spiro atoms. The Bertz CT molecular complexity index is 339. The second kappa shape index (κ2) is 5.21. The Kier molecular flexibility index (Phi) is 4.45. The molecule has 0 radical (unpaired) electrons. The zero-order chi connectivity index (χ0) is 11.5. The van der Waals surface area contributed by atoms with Crippen molar-refractivity contribution < 1.29 is 17.9 Å². The first-order valence-electron chi connectivity index (χ1n) is 3.96. The summed E-state index contributed by atoms with van der Waals surface area (Å²) < 4.78 is 41.2. The van der Waals surface area contributed by atoms with Gasteiger partial charge in [-0.3, -0.25) is 0 Å². The predicted molar refractivity (Wildman–Crippen MR) is 58.3 cm³/mol. The van der Waals surface area contributed by atoms with Crippen LogP contribution in [0, 0.1) is 0 Å². The summed E-state index contributed by atoms with van der Waals surface area (Å²) in [5, 5.41) is 0.444. The van der Waals surface area contributed by atoms with Crippen molar-refractivity contribution in [1.29, 1.82) is 0 Å². The largest absolute Gasteiger partial charge is 0.484 e. The number of halogens is 5. The van der Waals surface area contributed by atoms with Crippen LogP contribution in [0.5, 0.6) is 5.75 Å². The van der Waals surface area contributed by atoms with Crippen LogP contribution in [-0.4, -0.2) is 12.8 Å². The van der Waals surface area contributed by atoms with E-state index in [-0.39, 0.29) is 5.75 Å². The molecule has 84 valence electrons. The molecule has 1 aromatic rings. The lowest BCUT2D eigenvalue weighted by atomic mass is 10.2. The van der Waals surface area contributed by atoms with E-state index >= 15 is 0 Å². The number of benzene rings is 1. The normalized spacial score (nSPS) is 11.5. The maximum atomic E-state index is 11.9. The molecule has 15 heavy (non-hydrogen) atoms. The molecule has 0 fully saturated rings. The molecule has 0 N–H and O–H groups in total. The Morgan fingerprint density at radius 3 is 2.47 bits per heavy atom. The molecular formula is C9H7Br2F3O. The monoisotopic (exact) mass is 346 g/mol. The van der Waals surface area contributed by atoms with Crippen molar-refractivity contribution in [2.24, 2.45) is 0 Å². The molecule has 0 atom stereocenters. The van der Waals surface area contributed by atoms with Gasteiger partial charge in [-0.1, -0.05) is 31.9 Å². The maximum absolute atomic E-state index is 11.9. The summed E-state index contributed by atoms with van der Waals surface area (Å²) in [6, 6.07) is 4.85. The molecule has 0 amide bonds. The van der Waals surface area contributed by atoms with Crippen molar-refractivity contribution in [3.63, 3.8) is 0 Å². The molecule has 0 saturated heterocycles. The Morgan fingerprint density at radius 1 is 1.27 bits per heavy atom. The molecule has 0 unspecified atom stereocenters. The van der Waals surface area contributed by atoms with Gasteiger partial charge in [0.15, 0.2) is 6.61 Å². The average Bonchev–Trinajstić information content (AvgIpc) is 2.14. The van der Waals surface area contributed by atoms with E-state index < -0.39 is 12.8 Å². The summed E-state index contributed by atoms with van der Waals surface area (Å²) >= 11 is 6.41. The molecule has 0 aliphatic heterocycles. The van der Waals surface area contributed by atoms with E-state index in [1.165, 1.54) is 6.07 Å². The lowest BCUT2D eigenvalue weighted by molar-refractivity contribution is -0.153. The predicted octanol–water partition coefficient (Wildman–Crippen LogP) is 4.29. The molecule has 1 nitrogen and oxygen atoms in total. The van der Waals surface area contributed by atoms with Crippen LogP contribution in [0.15, 0.2) is 22.7 Å². The summed E-state index contributed by atoms with van der Waals surface area (Å²) in [4.78, 5) is 0. The van der Waals surface area contributed by atoms with E-state index in [1.54, 1.807) is 12.1 Å². The fourth-order valence-corrected chi connectivity index (χ4v) is 1.80. The highest BCUT2D eigenvalue weighted by atomic mass is 79.9. The molecule has 0 aromatic heterocycles. The van der Waals surface area contributed by atoms with E-state index in [4.69, 9.17) is 0 Å². The number of ether oxygens (including phenoxy) is 1. The minimum absolute atomic E-state index is 0.243. The van der Waals surface area contributed by atoms with Gasteiger partial charge < -0.3 is 4.74 Å². The maximum Gasteiger partial charge on any atom is 0.422 e.